The highest BCUT2D eigenvalue weighted by Crippen LogP contribution is 2.28. The number of amides is 1. The van der Waals surface area contributed by atoms with Crippen LogP contribution in [0.2, 0.25) is 0 Å². The minimum atomic E-state index is -0.408. The van der Waals surface area contributed by atoms with Crippen LogP contribution in [-0.4, -0.2) is 11.1 Å². The van der Waals surface area contributed by atoms with Crippen molar-refractivity contribution in [2.75, 3.05) is 5.32 Å². The quantitative estimate of drug-likeness (QED) is 0.794. The molecular formula is C12H18N2O2. The van der Waals surface area contributed by atoms with Crippen molar-refractivity contribution in [3.63, 3.8) is 0 Å². The number of nitrogens with zero attached hydrogens (tertiary/aromatic N) is 1. The Morgan fingerprint density at radius 2 is 2.00 bits per heavy atom. The summed E-state index contributed by atoms with van der Waals surface area (Å²) in [6.07, 6.45) is 4.22. The van der Waals surface area contributed by atoms with Crippen molar-refractivity contribution in [2.45, 2.75) is 46.5 Å². The van der Waals surface area contributed by atoms with Crippen molar-refractivity contribution in [3.05, 3.63) is 11.3 Å². The van der Waals surface area contributed by atoms with Crippen LogP contribution < -0.4 is 5.32 Å². The predicted octanol–water partition coefficient (Wildman–Crippen LogP) is 2.54. The van der Waals surface area contributed by atoms with Crippen LogP contribution in [0, 0.1) is 5.41 Å². The fraction of sp³-hybridized carbons (Fsp3) is 0.667. The highest BCUT2D eigenvalue weighted by Gasteiger charge is 2.26. The summed E-state index contributed by atoms with van der Waals surface area (Å²) in [6.45, 7) is 5.64. The standard InChI is InChI=1S/C12H18N2O2/c1-12(2,3)11(15)13-10-8-6-4-5-7-9(8)14-16-10/h4-7H2,1-3H3,(H,13,15). The highest BCUT2D eigenvalue weighted by molar-refractivity contribution is 5.93. The Balaban J connectivity index is 2.16. The van der Waals surface area contributed by atoms with Crippen LogP contribution in [0.5, 0.6) is 0 Å². The van der Waals surface area contributed by atoms with Crippen molar-refractivity contribution >= 4 is 11.8 Å². The van der Waals surface area contributed by atoms with Gasteiger partial charge in [-0.15, -0.1) is 0 Å². The lowest BCUT2D eigenvalue weighted by atomic mass is 9.94. The van der Waals surface area contributed by atoms with Crippen molar-refractivity contribution < 1.29 is 9.32 Å². The lowest BCUT2D eigenvalue weighted by Crippen LogP contribution is -2.27. The van der Waals surface area contributed by atoms with Gasteiger partial charge in [0.05, 0.1) is 5.69 Å². The van der Waals surface area contributed by atoms with E-state index in [-0.39, 0.29) is 5.91 Å². The normalized spacial score (nSPS) is 15.7. The first-order valence-corrected chi connectivity index (χ1v) is 5.77. The molecule has 1 N–H and O–H groups in total. The molecule has 88 valence electrons. The van der Waals surface area contributed by atoms with E-state index in [0.717, 1.165) is 36.9 Å². The van der Waals surface area contributed by atoms with E-state index in [4.69, 9.17) is 4.52 Å². The maximum Gasteiger partial charge on any atom is 0.234 e. The lowest BCUT2D eigenvalue weighted by Gasteiger charge is -2.17. The summed E-state index contributed by atoms with van der Waals surface area (Å²) in [7, 11) is 0. The second-order valence-corrected chi connectivity index (χ2v) is 5.35. The molecule has 0 fully saturated rings. The van der Waals surface area contributed by atoms with Crippen LogP contribution in [0.4, 0.5) is 5.88 Å². The first-order valence-electron chi connectivity index (χ1n) is 5.77. The second-order valence-electron chi connectivity index (χ2n) is 5.35. The van der Waals surface area contributed by atoms with Crippen LogP contribution in [0.15, 0.2) is 4.52 Å². The van der Waals surface area contributed by atoms with Gasteiger partial charge in [-0.2, -0.15) is 0 Å². The van der Waals surface area contributed by atoms with Crippen LogP contribution in [0.25, 0.3) is 0 Å². The van der Waals surface area contributed by atoms with E-state index in [1.807, 2.05) is 20.8 Å². The minimum Gasteiger partial charge on any atom is -0.338 e. The predicted molar refractivity (Wildman–Crippen MR) is 61.2 cm³/mol. The third kappa shape index (κ3) is 2.10. The maximum atomic E-state index is 11.8. The fourth-order valence-corrected chi connectivity index (χ4v) is 1.78. The molecular weight excluding hydrogens is 204 g/mol. The molecule has 1 aromatic rings. The third-order valence-electron chi connectivity index (χ3n) is 2.87. The highest BCUT2D eigenvalue weighted by atomic mass is 16.5. The van der Waals surface area contributed by atoms with Crippen LogP contribution in [0.3, 0.4) is 0 Å². The molecule has 2 rings (SSSR count). The number of anilines is 1. The van der Waals surface area contributed by atoms with Gasteiger partial charge < -0.3 is 4.52 Å². The van der Waals surface area contributed by atoms with Gasteiger partial charge in [0.1, 0.15) is 0 Å². The molecule has 0 radical (unpaired) electrons. The summed E-state index contributed by atoms with van der Waals surface area (Å²) >= 11 is 0. The van der Waals surface area contributed by atoms with Crippen LogP contribution in [-0.2, 0) is 17.6 Å². The molecule has 1 aliphatic rings. The molecule has 0 aliphatic heterocycles. The number of hydrogen-bond donors (Lipinski definition) is 1. The van der Waals surface area contributed by atoms with E-state index in [0.29, 0.717) is 5.88 Å². The first-order chi connectivity index (χ1) is 7.48. The Labute approximate surface area is 95.4 Å². The Morgan fingerprint density at radius 1 is 1.31 bits per heavy atom. The average Bonchev–Trinajstić information content (AvgIpc) is 2.61. The Hall–Kier alpha value is -1.32. The molecule has 1 aliphatic carbocycles. The zero-order valence-corrected chi connectivity index (χ0v) is 10.1. The van der Waals surface area contributed by atoms with Crippen LogP contribution in [0.1, 0.15) is 44.9 Å². The van der Waals surface area contributed by atoms with Gasteiger partial charge in [0.15, 0.2) is 0 Å². The number of carbonyl (C=O) groups is 1. The van der Waals surface area contributed by atoms with Crippen molar-refractivity contribution in [1.82, 2.24) is 5.16 Å². The van der Waals surface area contributed by atoms with Crippen molar-refractivity contribution in [2.24, 2.45) is 5.41 Å². The number of carbonyl (C=O) groups excluding carboxylic acids is 1. The van der Waals surface area contributed by atoms with E-state index in [9.17, 15) is 4.79 Å². The van der Waals surface area contributed by atoms with Gasteiger partial charge in [-0.3, -0.25) is 10.1 Å². The number of nitrogens with one attached hydrogen (secondary N) is 1. The average molecular weight is 222 g/mol. The SMILES string of the molecule is CC(C)(C)C(=O)Nc1onc2c1CCCC2. The smallest absolute Gasteiger partial charge is 0.234 e. The monoisotopic (exact) mass is 222 g/mol. The zero-order chi connectivity index (χ0) is 11.8. The van der Waals surface area contributed by atoms with Gasteiger partial charge in [0.25, 0.3) is 0 Å². The summed E-state index contributed by atoms with van der Waals surface area (Å²) < 4.78 is 5.20. The minimum absolute atomic E-state index is 0.0305. The Bertz CT molecular complexity index is 402. The summed E-state index contributed by atoms with van der Waals surface area (Å²) in [4.78, 5) is 11.8. The number of fused-ring (bicyclic) bond motifs is 1. The molecule has 4 nitrogen and oxygen atoms in total. The Kier molecular flexibility index (Phi) is 2.74. The van der Waals surface area contributed by atoms with Gasteiger partial charge >= 0.3 is 0 Å². The van der Waals surface area contributed by atoms with Gasteiger partial charge in [0, 0.05) is 11.0 Å². The van der Waals surface area contributed by atoms with Crippen LogP contribution >= 0.6 is 0 Å². The summed E-state index contributed by atoms with van der Waals surface area (Å²) in [5.74, 6) is 0.520. The Morgan fingerprint density at radius 3 is 2.69 bits per heavy atom. The molecule has 0 atom stereocenters. The maximum absolute atomic E-state index is 11.8. The molecule has 1 amide bonds. The number of aromatic nitrogens is 1. The molecule has 0 unspecified atom stereocenters. The second kappa shape index (κ2) is 3.92. The number of hydrogen-bond acceptors (Lipinski definition) is 3. The lowest BCUT2D eigenvalue weighted by molar-refractivity contribution is -0.123. The van der Waals surface area contributed by atoms with E-state index in [1.54, 1.807) is 0 Å². The van der Waals surface area contributed by atoms with Crippen molar-refractivity contribution in [1.29, 1.82) is 0 Å². The molecule has 16 heavy (non-hydrogen) atoms. The summed E-state index contributed by atoms with van der Waals surface area (Å²) in [5.41, 5.74) is 1.69. The molecule has 0 bridgehead atoms. The zero-order valence-electron chi connectivity index (χ0n) is 10.1. The van der Waals surface area contributed by atoms with Gasteiger partial charge in [-0.25, -0.2) is 0 Å². The fourth-order valence-electron chi connectivity index (χ4n) is 1.78. The van der Waals surface area contributed by atoms with Gasteiger partial charge in [0.2, 0.25) is 11.8 Å². The van der Waals surface area contributed by atoms with E-state index >= 15 is 0 Å². The molecule has 1 aromatic heterocycles. The molecule has 0 saturated heterocycles. The van der Waals surface area contributed by atoms with E-state index in [1.165, 1.54) is 0 Å². The van der Waals surface area contributed by atoms with Gasteiger partial charge in [-0.05, 0) is 25.7 Å². The number of rotatable bonds is 1. The molecule has 1 heterocycles. The first kappa shape index (κ1) is 11.2. The molecule has 0 saturated carbocycles. The van der Waals surface area contributed by atoms with E-state index in [2.05, 4.69) is 10.5 Å². The molecule has 4 heteroatoms. The topological polar surface area (TPSA) is 55.1 Å². The third-order valence-corrected chi connectivity index (χ3v) is 2.87. The summed E-state index contributed by atoms with van der Waals surface area (Å²) in [5, 5.41) is 6.82. The largest absolute Gasteiger partial charge is 0.338 e. The van der Waals surface area contributed by atoms with Gasteiger partial charge in [-0.1, -0.05) is 25.9 Å². The summed E-state index contributed by atoms with van der Waals surface area (Å²) in [6, 6.07) is 0. The number of aryl methyl sites for hydroxylation is 1. The van der Waals surface area contributed by atoms with E-state index < -0.39 is 5.41 Å². The molecule has 0 aromatic carbocycles. The van der Waals surface area contributed by atoms with Crippen molar-refractivity contribution in [3.8, 4) is 0 Å². The molecule has 0 spiro atoms.